The van der Waals surface area contributed by atoms with E-state index in [1.165, 1.54) is 0 Å². The minimum Gasteiger partial charge on any atom is -0.393 e. The highest BCUT2D eigenvalue weighted by Crippen LogP contribution is 1.99. The van der Waals surface area contributed by atoms with Gasteiger partial charge < -0.3 is 15.7 Å². The second-order valence-electron chi connectivity index (χ2n) is 3.44. The Morgan fingerprint density at radius 1 is 1.45 bits per heavy atom. The molecule has 2 unspecified atom stereocenters. The summed E-state index contributed by atoms with van der Waals surface area (Å²) < 4.78 is 0. The average molecular weight is 160 g/mol. The number of hydrogen-bond acceptors (Lipinski definition) is 3. The highest BCUT2D eigenvalue weighted by molar-refractivity contribution is 4.65. The predicted octanol–water partition coefficient (Wildman–Crippen LogP) is 0.0363. The number of aliphatic hydroxyl groups excluding tert-OH is 1. The standard InChI is InChI=1S/C8H20N2O/c1-7(11)6-8(9)4-5-10(2)3/h7-8,11H,4-6,9H2,1-3H3. The van der Waals surface area contributed by atoms with Gasteiger partial charge in [0, 0.05) is 6.04 Å². The van der Waals surface area contributed by atoms with Gasteiger partial charge in [-0.1, -0.05) is 0 Å². The number of nitrogens with two attached hydrogens (primary N) is 1. The monoisotopic (exact) mass is 160 g/mol. The molecule has 11 heavy (non-hydrogen) atoms. The van der Waals surface area contributed by atoms with E-state index in [9.17, 15) is 0 Å². The summed E-state index contributed by atoms with van der Waals surface area (Å²) in [6, 6.07) is 0.136. The van der Waals surface area contributed by atoms with Crippen LogP contribution >= 0.6 is 0 Å². The molecule has 0 aromatic carbocycles. The first-order valence-electron chi connectivity index (χ1n) is 4.10. The molecule has 0 aliphatic heterocycles. The molecule has 0 spiro atoms. The lowest BCUT2D eigenvalue weighted by atomic mass is 10.1. The number of aliphatic hydroxyl groups is 1. The van der Waals surface area contributed by atoms with E-state index in [1.54, 1.807) is 6.92 Å². The molecule has 0 fully saturated rings. The van der Waals surface area contributed by atoms with Gasteiger partial charge in [-0.2, -0.15) is 0 Å². The minimum absolute atomic E-state index is 0.136. The van der Waals surface area contributed by atoms with Crippen molar-refractivity contribution in [3.8, 4) is 0 Å². The molecule has 0 aliphatic carbocycles. The van der Waals surface area contributed by atoms with Crippen LogP contribution in [0.2, 0.25) is 0 Å². The van der Waals surface area contributed by atoms with Gasteiger partial charge in [0.05, 0.1) is 6.10 Å². The summed E-state index contributed by atoms with van der Waals surface area (Å²) in [4.78, 5) is 2.10. The second kappa shape index (κ2) is 5.52. The van der Waals surface area contributed by atoms with Gasteiger partial charge in [-0.15, -0.1) is 0 Å². The molecule has 68 valence electrons. The molecule has 0 saturated heterocycles. The van der Waals surface area contributed by atoms with Gasteiger partial charge in [-0.05, 0) is 40.4 Å². The van der Waals surface area contributed by atoms with Crippen LogP contribution in [0.5, 0.6) is 0 Å². The minimum atomic E-state index is -0.271. The van der Waals surface area contributed by atoms with Gasteiger partial charge in [0.15, 0.2) is 0 Å². The van der Waals surface area contributed by atoms with Crippen LogP contribution in [-0.4, -0.2) is 42.8 Å². The quantitative estimate of drug-likeness (QED) is 0.597. The van der Waals surface area contributed by atoms with Crippen molar-refractivity contribution < 1.29 is 5.11 Å². The van der Waals surface area contributed by atoms with Gasteiger partial charge >= 0.3 is 0 Å². The molecule has 3 nitrogen and oxygen atoms in total. The van der Waals surface area contributed by atoms with E-state index in [0.29, 0.717) is 6.42 Å². The Balaban J connectivity index is 3.29. The van der Waals surface area contributed by atoms with Crippen LogP contribution in [0, 0.1) is 0 Å². The van der Waals surface area contributed by atoms with Crippen LogP contribution in [0.15, 0.2) is 0 Å². The van der Waals surface area contributed by atoms with Crippen molar-refractivity contribution in [1.29, 1.82) is 0 Å². The molecule has 0 bridgehead atoms. The van der Waals surface area contributed by atoms with Crippen molar-refractivity contribution in [2.45, 2.75) is 31.9 Å². The van der Waals surface area contributed by atoms with Crippen LogP contribution in [-0.2, 0) is 0 Å². The second-order valence-corrected chi connectivity index (χ2v) is 3.44. The molecule has 3 N–H and O–H groups in total. The maximum Gasteiger partial charge on any atom is 0.0526 e. The fourth-order valence-corrected chi connectivity index (χ4v) is 0.980. The van der Waals surface area contributed by atoms with Gasteiger partial charge in [-0.25, -0.2) is 0 Å². The van der Waals surface area contributed by atoms with E-state index in [0.717, 1.165) is 13.0 Å². The summed E-state index contributed by atoms with van der Waals surface area (Å²) in [7, 11) is 4.05. The summed E-state index contributed by atoms with van der Waals surface area (Å²) in [5.41, 5.74) is 5.74. The Morgan fingerprint density at radius 3 is 2.36 bits per heavy atom. The molecule has 0 heterocycles. The molecular formula is C8H20N2O. The van der Waals surface area contributed by atoms with E-state index >= 15 is 0 Å². The first-order valence-corrected chi connectivity index (χ1v) is 4.10. The third kappa shape index (κ3) is 7.78. The van der Waals surface area contributed by atoms with Crippen LogP contribution < -0.4 is 5.73 Å². The van der Waals surface area contributed by atoms with E-state index in [4.69, 9.17) is 10.8 Å². The molecule has 0 aliphatic rings. The van der Waals surface area contributed by atoms with Gasteiger partial charge in [-0.3, -0.25) is 0 Å². The lowest BCUT2D eigenvalue weighted by molar-refractivity contribution is 0.171. The third-order valence-corrected chi connectivity index (χ3v) is 1.59. The maximum atomic E-state index is 8.99. The van der Waals surface area contributed by atoms with E-state index < -0.39 is 0 Å². The summed E-state index contributed by atoms with van der Waals surface area (Å²) in [5, 5.41) is 8.99. The van der Waals surface area contributed by atoms with Crippen molar-refractivity contribution in [3.63, 3.8) is 0 Å². The summed E-state index contributed by atoms with van der Waals surface area (Å²) in [6.07, 6.45) is 1.39. The molecule has 0 amide bonds. The van der Waals surface area contributed by atoms with Gasteiger partial charge in [0.2, 0.25) is 0 Å². The first-order chi connectivity index (χ1) is 5.02. The zero-order chi connectivity index (χ0) is 8.85. The lowest BCUT2D eigenvalue weighted by Crippen LogP contribution is -2.29. The molecule has 0 rings (SSSR count). The Hall–Kier alpha value is -0.120. The highest BCUT2D eigenvalue weighted by atomic mass is 16.3. The fraction of sp³-hybridized carbons (Fsp3) is 1.00. The zero-order valence-corrected chi connectivity index (χ0v) is 7.75. The Kier molecular flexibility index (Phi) is 5.46. The molecule has 0 aromatic rings. The largest absolute Gasteiger partial charge is 0.393 e. The van der Waals surface area contributed by atoms with E-state index in [1.807, 2.05) is 14.1 Å². The Bertz CT molecular complexity index is 94.1. The van der Waals surface area contributed by atoms with E-state index in [2.05, 4.69) is 4.90 Å². The SMILES string of the molecule is CC(O)CC(N)CCN(C)C. The number of hydrogen-bond donors (Lipinski definition) is 2. The van der Waals surface area contributed by atoms with Crippen LogP contribution in [0.1, 0.15) is 19.8 Å². The Morgan fingerprint density at radius 2 is 2.00 bits per heavy atom. The van der Waals surface area contributed by atoms with E-state index in [-0.39, 0.29) is 12.1 Å². The lowest BCUT2D eigenvalue weighted by Gasteiger charge is -2.16. The molecular weight excluding hydrogens is 140 g/mol. The summed E-state index contributed by atoms with van der Waals surface area (Å²) >= 11 is 0. The smallest absolute Gasteiger partial charge is 0.0526 e. The third-order valence-electron chi connectivity index (χ3n) is 1.59. The molecule has 0 saturated carbocycles. The number of rotatable bonds is 5. The topological polar surface area (TPSA) is 49.5 Å². The number of nitrogens with zero attached hydrogens (tertiary/aromatic N) is 1. The van der Waals surface area contributed by atoms with Crippen molar-refractivity contribution in [3.05, 3.63) is 0 Å². The fourth-order valence-electron chi connectivity index (χ4n) is 0.980. The molecule has 0 aromatic heterocycles. The summed E-state index contributed by atoms with van der Waals surface area (Å²) in [6.45, 7) is 2.77. The maximum absolute atomic E-state index is 8.99. The molecule has 3 heteroatoms. The summed E-state index contributed by atoms with van der Waals surface area (Å²) in [5.74, 6) is 0. The van der Waals surface area contributed by atoms with Gasteiger partial charge in [0.1, 0.15) is 0 Å². The average Bonchev–Trinajstić information content (AvgIpc) is 1.82. The van der Waals surface area contributed by atoms with Crippen LogP contribution in [0.25, 0.3) is 0 Å². The molecule has 0 radical (unpaired) electrons. The van der Waals surface area contributed by atoms with Crippen molar-refractivity contribution in [2.24, 2.45) is 5.73 Å². The normalized spacial score (nSPS) is 16.9. The van der Waals surface area contributed by atoms with Crippen LogP contribution in [0.3, 0.4) is 0 Å². The predicted molar refractivity (Wildman–Crippen MR) is 47.4 cm³/mol. The van der Waals surface area contributed by atoms with Crippen molar-refractivity contribution in [2.75, 3.05) is 20.6 Å². The van der Waals surface area contributed by atoms with Crippen LogP contribution in [0.4, 0.5) is 0 Å². The zero-order valence-electron chi connectivity index (χ0n) is 7.75. The highest BCUT2D eigenvalue weighted by Gasteiger charge is 2.05. The van der Waals surface area contributed by atoms with Crippen molar-refractivity contribution >= 4 is 0 Å². The first kappa shape index (κ1) is 10.9. The molecule has 2 atom stereocenters. The van der Waals surface area contributed by atoms with Crippen molar-refractivity contribution in [1.82, 2.24) is 4.90 Å². The van der Waals surface area contributed by atoms with Gasteiger partial charge in [0.25, 0.3) is 0 Å². The Labute approximate surface area is 69.2 Å².